The molecular formula is C19H20N2O2. The minimum atomic E-state index is -0.292. The van der Waals surface area contributed by atoms with E-state index in [0.717, 1.165) is 17.8 Å². The average Bonchev–Trinajstić information content (AvgIpc) is 3.32. The largest absolute Gasteiger partial charge is 0.465 e. The van der Waals surface area contributed by atoms with Crippen molar-refractivity contribution >= 4 is 11.7 Å². The normalized spacial score (nSPS) is 21.9. The zero-order valence-corrected chi connectivity index (χ0v) is 13.1. The molecular weight excluding hydrogens is 288 g/mol. The number of benzene rings is 1. The van der Waals surface area contributed by atoms with E-state index in [0.29, 0.717) is 17.5 Å². The van der Waals surface area contributed by atoms with Crippen LogP contribution in [0, 0.1) is 0 Å². The first-order valence-corrected chi connectivity index (χ1v) is 8.08. The number of hydrogen-bond donors (Lipinski definition) is 2. The number of methoxy groups -OCH3 is 1. The van der Waals surface area contributed by atoms with Gasteiger partial charge in [-0.2, -0.15) is 0 Å². The van der Waals surface area contributed by atoms with Crippen LogP contribution in [0.15, 0.2) is 53.9 Å². The fourth-order valence-electron chi connectivity index (χ4n) is 3.17. The number of allylic oxidation sites excluding steroid dienone is 1. The highest BCUT2D eigenvalue weighted by Gasteiger charge is 2.26. The number of esters is 1. The lowest BCUT2D eigenvalue weighted by Crippen LogP contribution is -2.23. The molecule has 1 fully saturated rings. The van der Waals surface area contributed by atoms with Crippen LogP contribution in [0.1, 0.15) is 41.1 Å². The van der Waals surface area contributed by atoms with Crippen molar-refractivity contribution in [1.29, 1.82) is 0 Å². The van der Waals surface area contributed by atoms with Crippen LogP contribution in [-0.4, -0.2) is 19.1 Å². The highest BCUT2D eigenvalue weighted by molar-refractivity contribution is 5.96. The smallest absolute Gasteiger partial charge is 0.339 e. The Balaban J connectivity index is 1.62. The van der Waals surface area contributed by atoms with Gasteiger partial charge in [0.05, 0.1) is 24.4 Å². The standard InChI is InChI=1S/C19H20N2O2/c1-23-19(22)16-11-13(12-2-3-12)4-6-18(16)21-15-5-7-17-14(10-15)8-9-20-17/h4-6,8-12,17,20-21H,2-3,7H2,1H3. The van der Waals surface area contributed by atoms with Gasteiger partial charge in [-0.05, 0) is 66.8 Å². The molecule has 4 nitrogen and oxygen atoms in total. The van der Waals surface area contributed by atoms with Crippen molar-refractivity contribution < 1.29 is 9.53 Å². The molecule has 4 rings (SSSR count). The molecule has 0 saturated heterocycles. The highest BCUT2D eigenvalue weighted by Crippen LogP contribution is 2.41. The summed E-state index contributed by atoms with van der Waals surface area (Å²) >= 11 is 0. The molecule has 1 aromatic carbocycles. The van der Waals surface area contributed by atoms with Crippen LogP contribution in [-0.2, 0) is 4.74 Å². The van der Waals surface area contributed by atoms with E-state index in [4.69, 9.17) is 4.74 Å². The first-order chi connectivity index (χ1) is 11.2. The van der Waals surface area contributed by atoms with E-state index < -0.39 is 0 Å². The molecule has 0 amide bonds. The summed E-state index contributed by atoms with van der Waals surface area (Å²) in [5, 5.41) is 6.70. The number of fused-ring (bicyclic) bond motifs is 1. The Morgan fingerprint density at radius 1 is 1.35 bits per heavy atom. The van der Waals surface area contributed by atoms with E-state index in [2.05, 4.69) is 34.9 Å². The second-order valence-corrected chi connectivity index (χ2v) is 6.29. The Bertz CT molecular complexity index is 742. The van der Waals surface area contributed by atoms with Gasteiger partial charge >= 0.3 is 5.97 Å². The number of carbonyl (C=O) groups is 1. The lowest BCUT2D eigenvalue weighted by atomic mass is 9.99. The van der Waals surface area contributed by atoms with Crippen LogP contribution in [0.4, 0.5) is 5.69 Å². The number of carbonyl (C=O) groups excluding carboxylic acids is 1. The molecule has 1 unspecified atom stereocenters. The molecule has 2 aliphatic carbocycles. The van der Waals surface area contributed by atoms with Gasteiger partial charge in [0.2, 0.25) is 0 Å². The van der Waals surface area contributed by atoms with Gasteiger partial charge in [-0.15, -0.1) is 0 Å². The van der Waals surface area contributed by atoms with Gasteiger partial charge in [0.1, 0.15) is 0 Å². The van der Waals surface area contributed by atoms with E-state index in [1.807, 2.05) is 18.3 Å². The number of ether oxygens (including phenoxy) is 1. The van der Waals surface area contributed by atoms with Gasteiger partial charge in [0.15, 0.2) is 0 Å². The number of hydrogen-bond acceptors (Lipinski definition) is 4. The van der Waals surface area contributed by atoms with E-state index in [1.54, 1.807) is 0 Å². The van der Waals surface area contributed by atoms with E-state index in [1.165, 1.54) is 31.1 Å². The monoisotopic (exact) mass is 308 g/mol. The van der Waals surface area contributed by atoms with Crippen LogP contribution in [0.2, 0.25) is 0 Å². The van der Waals surface area contributed by atoms with Crippen molar-refractivity contribution in [3.05, 3.63) is 65.0 Å². The molecule has 1 saturated carbocycles. The summed E-state index contributed by atoms with van der Waals surface area (Å²) in [5.41, 5.74) is 4.93. The van der Waals surface area contributed by atoms with Crippen LogP contribution >= 0.6 is 0 Å². The van der Waals surface area contributed by atoms with Crippen molar-refractivity contribution in [2.75, 3.05) is 12.4 Å². The summed E-state index contributed by atoms with van der Waals surface area (Å²) in [4.78, 5) is 12.1. The third-order valence-corrected chi connectivity index (χ3v) is 4.65. The molecule has 1 aliphatic heterocycles. The molecule has 1 heterocycles. The van der Waals surface area contributed by atoms with Gasteiger partial charge in [0, 0.05) is 5.70 Å². The van der Waals surface area contributed by atoms with E-state index in [-0.39, 0.29) is 5.97 Å². The Morgan fingerprint density at radius 3 is 3.00 bits per heavy atom. The highest BCUT2D eigenvalue weighted by atomic mass is 16.5. The van der Waals surface area contributed by atoms with E-state index in [9.17, 15) is 4.79 Å². The van der Waals surface area contributed by atoms with Crippen molar-refractivity contribution in [3.8, 4) is 0 Å². The Labute approximate surface area is 135 Å². The second kappa shape index (κ2) is 5.61. The predicted octanol–water partition coefficient (Wildman–Crippen LogP) is 3.46. The third kappa shape index (κ3) is 2.77. The Hall–Kier alpha value is -2.49. The molecule has 118 valence electrons. The van der Waals surface area contributed by atoms with Crippen LogP contribution < -0.4 is 10.6 Å². The van der Waals surface area contributed by atoms with E-state index >= 15 is 0 Å². The van der Waals surface area contributed by atoms with Crippen molar-refractivity contribution in [3.63, 3.8) is 0 Å². The molecule has 3 aliphatic rings. The lowest BCUT2D eigenvalue weighted by Gasteiger charge is -2.20. The van der Waals surface area contributed by atoms with Crippen LogP contribution in [0.5, 0.6) is 0 Å². The first kappa shape index (κ1) is 14.1. The van der Waals surface area contributed by atoms with Gasteiger partial charge in [-0.1, -0.05) is 12.1 Å². The van der Waals surface area contributed by atoms with Gasteiger partial charge in [-0.25, -0.2) is 4.79 Å². The maximum absolute atomic E-state index is 12.1. The van der Waals surface area contributed by atoms with Crippen molar-refractivity contribution in [2.24, 2.45) is 0 Å². The fourth-order valence-corrected chi connectivity index (χ4v) is 3.17. The summed E-state index contributed by atoms with van der Waals surface area (Å²) < 4.78 is 4.96. The minimum absolute atomic E-state index is 0.292. The SMILES string of the molecule is COC(=O)c1cc(C2CC2)ccc1NC1=CCC2NC=CC2=C1. The third-order valence-electron chi connectivity index (χ3n) is 4.65. The molecule has 0 spiro atoms. The Morgan fingerprint density at radius 2 is 2.22 bits per heavy atom. The zero-order valence-electron chi connectivity index (χ0n) is 13.1. The van der Waals surface area contributed by atoms with Gasteiger partial charge in [-0.3, -0.25) is 0 Å². The molecule has 0 aromatic heterocycles. The van der Waals surface area contributed by atoms with Crippen LogP contribution in [0.3, 0.4) is 0 Å². The minimum Gasteiger partial charge on any atom is -0.465 e. The van der Waals surface area contributed by atoms with Gasteiger partial charge in [0.25, 0.3) is 0 Å². The summed E-state index contributed by atoms with van der Waals surface area (Å²) in [6.45, 7) is 0. The molecule has 23 heavy (non-hydrogen) atoms. The summed E-state index contributed by atoms with van der Waals surface area (Å²) in [7, 11) is 1.43. The maximum atomic E-state index is 12.1. The molecule has 2 N–H and O–H groups in total. The molecule has 1 aromatic rings. The fraction of sp³-hybridized carbons (Fsp3) is 0.316. The molecule has 4 heteroatoms. The van der Waals surface area contributed by atoms with Gasteiger partial charge < -0.3 is 15.4 Å². The molecule has 1 atom stereocenters. The average molecular weight is 308 g/mol. The number of anilines is 1. The number of rotatable bonds is 4. The predicted molar refractivity (Wildman–Crippen MR) is 90.2 cm³/mol. The summed E-state index contributed by atoms with van der Waals surface area (Å²) in [5.74, 6) is 0.318. The number of nitrogens with one attached hydrogen (secondary N) is 2. The zero-order chi connectivity index (χ0) is 15.8. The molecule has 0 bridgehead atoms. The van der Waals surface area contributed by atoms with Crippen LogP contribution in [0.25, 0.3) is 0 Å². The first-order valence-electron chi connectivity index (χ1n) is 8.08. The molecule has 0 radical (unpaired) electrons. The quantitative estimate of drug-likeness (QED) is 0.836. The topological polar surface area (TPSA) is 50.4 Å². The van der Waals surface area contributed by atoms with Crippen molar-refractivity contribution in [2.45, 2.75) is 31.2 Å². The summed E-state index contributed by atoms with van der Waals surface area (Å²) in [6, 6.07) is 6.47. The second-order valence-electron chi connectivity index (χ2n) is 6.29. The summed E-state index contributed by atoms with van der Waals surface area (Å²) in [6.07, 6.45) is 11.7. The van der Waals surface area contributed by atoms with Crippen molar-refractivity contribution in [1.82, 2.24) is 5.32 Å². The lowest BCUT2D eigenvalue weighted by molar-refractivity contribution is 0.0602. The maximum Gasteiger partial charge on any atom is 0.339 e. The Kier molecular flexibility index (Phi) is 3.45.